The Kier molecular flexibility index (Phi) is 4.72. The highest BCUT2D eigenvalue weighted by atomic mass is 35.5. The minimum absolute atomic E-state index is 0.0740. The highest BCUT2D eigenvalue weighted by Gasteiger charge is 2.29. The number of hydrogen-bond acceptors (Lipinski definition) is 6. The van der Waals surface area contributed by atoms with Gasteiger partial charge in [-0.15, -0.1) is 10.2 Å². The number of aromatic nitrogens is 2. The molecule has 7 nitrogen and oxygen atoms in total. The fraction of sp³-hybridized carbons (Fsp3) is 0.438. The lowest BCUT2D eigenvalue weighted by Crippen LogP contribution is -2.28. The van der Waals surface area contributed by atoms with E-state index in [1.165, 1.54) is 33.8 Å². The predicted molar refractivity (Wildman–Crippen MR) is 99.3 cm³/mol. The molecule has 10 heteroatoms. The molecule has 26 heavy (non-hydrogen) atoms. The SMILES string of the molecule is O=C(Nc1nnc(C2CC2)s1)c1cc(S(=O)(=O)N2CCCC2)ccc1Cl. The van der Waals surface area contributed by atoms with Crippen LogP contribution in [0, 0.1) is 0 Å². The van der Waals surface area contributed by atoms with Crippen molar-refractivity contribution in [1.82, 2.24) is 14.5 Å². The number of sulfonamides is 1. The molecule has 1 aromatic heterocycles. The molecule has 2 fully saturated rings. The van der Waals surface area contributed by atoms with Crippen molar-refractivity contribution in [1.29, 1.82) is 0 Å². The number of carbonyl (C=O) groups is 1. The third-order valence-corrected chi connectivity index (χ3v) is 7.70. The molecule has 0 unspecified atom stereocenters. The lowest BCUT2D eigenvalue weighted by molar-refractivity contribution is 0.102. The van der Waals surface area contributed by atoms with Gasteiger partial charge in [-0.1, -0.05) is 22.9 Å². The van der Waals surface area contributed by atoms with Gasteiger partial charge >= 0.3 is 0 Å². The van der Waals surface area contributed by atoms with Gasteiger partial charge < -0.3 is 0 Å². The van der Waals surface area contributed by atoms with Gasteiger partial charge in [0.15, 0.2) is 0 Å². The van der Waals surface area contributed by atoms with Crippen LogP contribution in [0.5, 0.6) is 0 Å². The van der Waals surface area contributed by atoms with Gasteiger partial charge in [0.2, 0.25) is 15.2 Å². The van der Waals surface area contributed by atoms with Crippen molar-refractivity contribution in [3.8, 4) is 0 Å². The molecule has 0 spiro atoms. The number of nitrogens with one attached hydrogen (secondary N) is 1. The van der Waals surface area contributed by atoms with Crippen LogP contribution >= 0.6 is 22.9 Å². The molecule has 1 amide bonds. The molecule has 2 aliphatic rings. The zero-order valence-corrected chi connectivity index (χ0v) is 16.2. The van der Waals surface area contributed by atoms with Crippen molar-refractivity contribution < 1.29 is 13.2 Å². The Labute approximate surface area is 160 Å². The Balaban J connectivity index is 1.57. The molecule has 4 rings (SSSR count). The largest absolute Gasteiger partial charge is 0.296 e. The summed E-state index contributed by atoms with van der Waals surface area (Å²) in [6, 6.07) is 4.20. The Bertz CT molecular complexity index is 950. The molecule has 2 aromatic rings. The first-order valence-corrected chi connectivity index (χ1v) is 11.0. The Morgan fingerprint density at radius 1 is 1.23 bits per heavy atom. The fourth-order valence-electron chi connectivity index (χ4n) is 2.86. The number of nitrogens with zero attached hydrogens (tertiary/aromatic N) is 3. The van der Waals surface area contributed by atoms with E-state index in [2.05, 4.69) is 15.5 Å². The maximum Gasteiger partial charge on any atom is 0.259 e. The van der Waals surface area contributed by atoms with E-state index in [1.807, 2.05) is 0 Å². The minimum Gasteiger partial charge on any atom is -0.296 e. The average Bonchev–Trinajstić information content (AvgIpc) is 3.10. The van der Waals surface area contributed by atoms with Gasteiger partial charge in [0.1, 0.15) is 5.01 Å². The zero-order valence-electron chi connectivity index (χ0n) is 13.8. The Hall–Kier alpha value is -1.55. The first-order chi connectivity index (χ1) is 12.4. The molecular formula is C16H17ClN4O3S2. The van der Waals surface area contributed by atoms with Crippen molar-refractivity contribution in [2.24, 2.45) is 0 Å². The van der Waals surface area contributed by atoms with E-state index >= 15 is 0 Å². The second-order valence-corrected chi connectivity index (χ2v) is 9.78. The van der Waals surface area contributed by atoms with Crippen LogP contribution in [-0.2, 0) is 10.0 Å². The van der Waals surface area contributed by atoms with Gasteiger partial charge in [-0.05, 0) is 43.9 Å². The van der Waals surface area contributed by atoms with Crippen LogP contribution in [0.1, 0.15) is 47.0 Å². The summed E-state index contributed by atoms with van der Waals surface area (Å²) in [5.74, 6) is -0.0392. The maximum atomic E-state index is 12.7. The molecule has 1 aliphatic heterocycles. The Morgan fingerprint density at radius 3 is 2.65 bits per heavy atom. The topological polar surface area (TPSA) is 92.3 Å². The molecule has 1 saturated heterocycles. The van der Waals surface area contributed by atoms with Crippen LogP contribution in [-0.4, -0.2) is 41.9 Å². The van der Waals surface area contributed by atoms with E-state index in [1.54, 1.807) is 0 Å². The summed E-state index contributed by atoms with van der Waals surface area (Å²) in [5.41, 5.74) is 0.107. The first-order valence-electron chi connectivity index (χ1n) is 8.39. The molecule has 0 atom stereocenters. The highest BCUT2D eigenvalue weighted by molar-refractivity contribution is 7.89. The second-order valence-electron chi connectivity index (χ2n) is 6.43. The molecule has 1 aliphatic carbocycles. The summed E-state index contributed by atoms with van der Waals surface area (Å²) in [7, 11) is -3.61. The van der Waals surface area contributed by atoms with Crippen molar-refractivity contribution in [2.75, 3.05) is 18.4 Å². The molecule has 0 radical (unpaired) electrons. The normalized spacial score (nSPS) is 18.2. The van der Waals surface area contributed by atoms with E-state index in [9.17, 15) is 13.2 Å². The van der Waals surface area contributed by atoms with E-state index in [-0.39, 0.29) is 15.5 Å². The lowest BCUT2D eigenvalue weighted by atomic mass is 10.2. The van der Waals surface area contributed by atoms with Gasteiger partial charge in [-0.25, -0.2) is 8.42 Å². The summed E-state index contributed by atoms with van der Waals surface area (Å²) in [5, 5.41) is 12.2. The molecule has 2 heterocycles. The van der Waals surface area contributed by atoms with Gasteiger partial charge in [0.25, 0.3) is 5.91 Å². The lowest BCUT2D eigenvalue weighted by Gasteiger charge is -2.16. The summed E-state index contributed by atoms with van der Waals surface area (Å²) in [4.78, 5) is 12.6. The quantitative estimate of drug-likeness (QED) is 0.814. The molecular weight excluding hydrogens is 396 g/mol. The van der Waals surface area contributed by atoms with Gasteiger partial charge in [-0.3, -0.25) is 10.1 Å². The van der Waals surface area contributed by atoms with Crippen molar-refractivity contribution in [3.63, 3.8) is 0 Å². The van der Waals surface area contributed by atoms with Gasteiger partial charge in [0.05, 0.1) is 15.5 Å². The number of anilines is 1. The van der Waals surface area contributed by atoms with E-state index in [0.717, 1.165) is 30.7 Å². The number of carbonyl (C=O) groups excluding carboxylic acids is 1. The van der Waals surface area contributed by atoms with Crippen LogP contribution in [0.3, 0.4) is 0 Å². The van der Waals surface area contributed by atoms with Gasteiger partial charge in [0, 0.05) is 19.0 Å². The van der Waals surface area contributed by atoms with Gasteiger partial charge in [-0.2, -0.15) is 4.31 Å². The number of hydrogen-bond donors (Lipinski definition) is 1. The van der Waals surface area contributed by atoms with E-state index < -0.39 is 15.9 Å². The molecule has 1 saturated carbocycles. The molecule has 0 bridgehead atoms. The third kappa shape index (κ3) is 3.48. The first kappa shape index (κ1) is 17.8. The average molecular weight is 413 g/mol. The van der Waals surface area contributed by atoms with E-state index in [0.29, 0.717) is 24.1 Å². The van der Waals surface area contributed by atoms with Crippen LogP contribution in [0.25, 0.3) is 0 Å². The zero-order chi connectivity index (χ0) is 18.3. The smallest absolute Gasteiger partial charge is 0.259 e. The van der Waals surface area contributed by atoms with Crippen LogP contribution in [0.4, 0.5) is 5.13 Å². The maximum absolute atomic E-state index is 12.7. The molecule has 138 valence electrons. The van der Waals surface area contributed by atoms with E-state index in [4.69, 9.17) is 11.6 Å². The molecule has 1 N–H and O–H groups in total. The van der Waals surface area contributed by atoms with Crippen molar-refractivity contribution in [3.05, 3.63) is 33.8 Å². The fourth-order valence-corrected chi connectivity index (χ4v) is 5.52. The summed E-state index contributed by atoms with van der Waals surface area (Å²) in [6.07, 6.45) is 3.90. The van der Waals surface area contributed by atoms with Crippen molar-refractivity contribution in [2.45, 2.75) is 36.5 Å². The van der Waals surface area contributed by atoms with Crippen LogP contribution in [0.15, 0.2) is 23.1 Å². The summed E-state index contributed by atoms with van der Waals surface area (Å²) < 4.78 is 26.8. The van der Waals surface area contributed by atoms with Crippen LogP contribution < -0.4 is 5.32 Å². The number of rotatable bonds is 5. The number of benzene rings is 1. The Morgan fingerprint density at radius 2 is 1.96 bits per heavy atom. The summed E-state index contributed by atoms with van der Waals surface area (Å²) in [6.45, 7) is 1.00. The predicted octanol–water partition coefficient (Wildman–Crippen LogP) is 3.11. The molecule has 1 aromatic carbocycles. The standard InChI is InChI=1S/C16H17ClN4O3S2/c17-13-6-5-11(26(23,24)21-7-1-2-8-21)9-12(13)14(22)18-16-20-19-15(25-16)10-3-4-10/h5-6,9-10H,1-4,7-8H2,(H,18,20,22). The monoisotopic (exact) mass is 412 g/mol. The number of halogens is 1. The number of amides is 1. The van der Waals surface area contributed by atoms with Crippen LogP contribution in [0.2, 0.25) is 5.02 Å². The second kappa shape index (κ2) is 6.88. The minimum atomic E-state index is -3.61. The van der Waals surface area contributed by atoms with Crippen molar-refractivity contribution >= 4 is 44.0 Å². The summed E-state index contributed by atoms with van der Waals surface area (Å²) >= 11 is 7.47. The third-order valence-electron chi connectivity index (χ3n) is 4.47. The highest BCUT2D eigenvalue weighted by Crippen LogP contribution is 2.42.